The van der Waals surface area contributed by atoms with E-state index in [0.717, 1.165) is 23.3 Å². The van der Waals surface area contributed by atoms with Crippen molar-refractivity contribution >= 4 is 24.0 Å². The molecule has 0 saturated carbocycles. The molecule has 1 unspecified atom stereocenters. The first-order valence-corrected chi connectivity index (χ1v) is 7.88. The monoisotopic (exact) mass is 348 g/mol. The molecule has 2 rings (SSSR count). The maximum absolute atomic E-state index is 12.3. The zero-order valence-corrected chi connectivity index (χ0v) is 15.2. The van der Waals surface area contributed by atoms with Gasteiger partial charge in [-0.2, -0.15) is 0 Å². The number of nitrogens with two attached hydrogens (primary N) is 1. The number of nitrogen functional groups attached to an aromatic ring is 1. The molecular weight excluding hydrogens is 324 g/mol. The van der Waals surface area contributed by atoms with E-state index in [-0.39, 0.29) is 24.4 Å². The lowest BCUT2D eigenvalue weighted by atomic mass is 10.1. The molecule has 0 radical (unpaired) electrons. The molecule has 4 nitrogen and oxygen atoms in total. The molecular formula is C19H25ClN2O2. The molecule has 130 valence electrons. The average Bonchev–Trinajstić information content (AvgIpc) is 2.55. The second-order valence-corrected chi connectivity index (χ2v) is 5.70. The van der Waals surface area contributed by atoms with Gasteiger partial charge in [0, 0.05) is 11.3 Å². The average molecular weight is 349 g/mol. The topological polar surface area (TPSA) is 64.4 Å². The zero-order valence-electron chi connectivity index (χ0n) is 14.3. The molecule has 2 aromatic rings. The minimum Gasteiger partial charge on any atom is -0.488 e. The third-order valence-corrected chi connectivity index (χ3v) is 3.84. The Hall–Kier alpha value is -2.20. The van der Waals surface area contributed by atoms with E-state index in [9.17, 15) is 4.79 Å². The van der Waals surface area contributed by atoms with Crippen LogP contribution in [0.2, 0.25) is 0 Å². The van der Waals surface area contributed by atoms with Crippen LogP contribution in [0.1, 0.15) is 34.8 Å². The van der Waals surface area contributed by atoms with Crippen LogP contribution in [0.25, 0.3) is 0 Å². The van der Waals surface area contributed by atoms with E-state index in [1.165, 1.54) is 0 Å². The predicted molar refractivity (Wildman–Crippen MR) is 101 cm³/mol. The molecule has 0 bridgehead atoms. The molecule has 0 heterocycles. The summed E-state index contributed by atoms with van der Waals surface area (Å²) in [5, 5.41) is 2.94. The van der Waals surface area contributed by atoms with Crippen LogP contribution in [-0.2, 0) is 0 Å². The lowest BCUT2D eigenvalue weighted by molar-refractivity contribution is 0.0925. The molecule has 24 heavy (non-hydrogen) atoms. The molecule has 0 aromatic heterocycles. The highest BCUT2D eigenvalue weighted by Crippen LogP contribution is 2.19. The number of rotatable bonds is 6. The summed E-state index contributed by atoms with van der Waals surface area (Å²) in [6.45, 7) is 6.41. The summed E-state index contributed by atoms with van der Waals surface area (Å²) in [5.41, 5.74) is 8.95. The van der Waals surface area contributed by atoms with Crippen molar-refractivity contribution < 1.29 is 9.53 Å². The van der Waals surface area contributed by atoms with E-state index >= 15 is 0 Å². The SMILES string of the molecule is CCC(CNC(=O)c1cc(N)ccc1C)Oc1ccccc1C.Cl. The van der Waals surface area contributed by atoms with E-state index in [2.05, 4.69) is 5.32 Å². The first-order chi connectivity index (χ1) is 11.0. The van der Waals surface area contributed by atoms with E-state index in [0.29, 0.717) is 17.8 Å². The largest absolute Gasteiger partial charge is 0.488 e. The summed E-state index contributed by atoms with van der Waals surface area (Å²) in [6.07, 6.45) is 0.742. The van der Waals surface area contributed by atoms with E-state index in [1.807, 2.05) is 51.1 Å². The van der Waals surface area contributed by atoms with Crippen LogP contribution in [0.4, 0.5) is 5.69 Å². The molecule has 0 saturated heterocycles. The van der Waals surface area contributed by atoms with E-state index in [4.69, 9.17) is 10.5 Å². The van der Waals surface area contributed by atoms with Crippen LogP contribution in [-0.4, -0.2) is 18.6 Å². The van der Waals surface area contributed by atoms with Crippen molar-refractivity contribution in [2.45, 2.75) is 33.3 Å². The summed E-state index contributed by atoms with van der Waals surface area (Å²) in [7, 11) is 0. The second kappa shape index (κ2) is 9.18. The lowest BCUT2D eigenvalue weighted by Crippen LogP contribution is -2.35. The third kappa shape index (κ3) is 5.17. The van der Waals surface area contributed by atoms with Crippen molar-refractivity contribution in [1.82, 2.24) is 5.32 Å². The smallest absolute Gasteiger partial charge is 0.251 e. The molecule has 0 fully saturated rings. The highest BCUT2D eigenvalue weighted by Gasteiger charge is 2.14. The Morgan fingerprint density at radius 3 is 2.54 bits per heavy atom. The summed E-state index contributed by atoms with van der Waals surface area (Å²) < 4.78 is 6.00. The number of hydrogen-bond donors (Lipinski definition) is 2. The molecule has 1 amide bonds. The van der Waals surface area contributed by atoms with Gasteiger partial charge >= 0.3 is 0 Å². The molecule has 2 aromatic carbocycles. The van der Waals surface area contributed by atoms with Crippen molar-refractivity contribution in [3.63, 3.8) is 0 Å². The Balaban J connectivity index is 0.00000288. The number of carbonyl (C=O) groups excluding carboxylic acids is 1. The molecule has 0 aliphatic rings. The van der Waals surface area contributed by atoms with Crippen molar-refractivity contribution in [2.75, 3.05) is 12.3 Å². The zero-order chi connectivity index (χ0) is 16.8. The quantitative estimate of drug-likeness (QED) is 0.778. The Morgan fingerprint density at radius 1 is 1.17 bits per heavy atom. The van der Waals surface area contributed by atoms with Crippen LogP contribution < -0.4 is 15.8 Å². The van der Waals surface area contributed by atoms with Gasteiger partial charge < -0.3 is 15.8 Å². The minimum atomic E-state index is -0.123. The van der Waals surface area contributed by atoms with Gasteiger partial charge in [-0.25, -0.2) is 0 Å². The Labute approximate surface area is 149 Å². The van der Waals surface area contributed by atoms with Gasteiger partial charge in [0.25, 0.3) is 5.91 Å². The van der Waals surface area contributed by atoms with Crippen molar-refractivity contribution in [2.24, 2.45) is 0 Å². The summed E-state index contributed by atoms with van der Waals surface area (Å²) in [4.78, 5) is 12.3. The van der Waals surface area contributed by atoms with Crippen LogP contribution in [0.3, 0.4) is 0 Å². The second-order valence-electron chi connectivity index (χ2n) is 5.70. The fourth-order valence-electron chi connectivity index (χ4n) is 2.32. The van der Waals surface area contributed by atoms with Crippen molar-refractivity contribution in [3.8, 4) is 5.75 Å². The van der Waals surface area contributed by atoms with Crippen molar-refractivity contribution in [3.05, 3.63) is 59.2 Å². The minimum absolute atomic E-state index is 0. The van der Waals surface area contributed by atoms with Crippen molar-refractivity contribution in [1.29, 1.82) is 0 Å². The number of benzene rings is 2. The summed E-state index contributed by atoms with van der Waals surface area (Å²) >= 11 is 0. The number of nitrogens with one attached hydrogen (secondary N) is 1. The van der Waals surface area contributed by atoms with E-state index in [1.54, 1.807) is 12.1 Å². The fourth-order valence-corrected chi connectivity index (χ4v) is 2.32. The van der Waals surface area contributed by atoms with Gasteiger partial charge in [-0.15, -0.1) is 12.4 Å². The van der Waals surface area contributed by atoms with Gasteiger partial charge in [-0.3, -0.25) is 4.79 Å². The maximum Gasteiger partial charge on any atom is 0.251 e. The van der Waals surface area contributed by atoms with Gasteiger partial charge in [0.2, 0.25) is 0 Å². The number of carbonyl (C=O) groups is 1. The Bertz CT molecular complexity index is 689. The molecule has 1 atom stereocenters. The lowest BCUT2D eigenvalue weighted by Gasteiger charge is -2.20. The van der Waals surface area contributed by atoms with Crippen LogP contribution in [0.5, 0.6) is 5.75 Å². The van der Waals surface area contributed by atoms with Gasteiger partial charge in [0.05, 0.1) is 6.54 Å². The van der Waals surface area contributed by atoms with Gasteiger partial charge in [-0.05, 0) is 49.6 Å². The number of amides is 1. The molecule has 0 spiro atoms. The fraction of sp³-hybridized carbons (Fsp3) is 0.316. The number of hydrogen-bond acceptors (Lipinski definition) is 3. The molecule has 0 aliphatic heterocycles. The Kier molecular flexibility index (Phi) is 7.59. The van der Waals surface area contributed by atoms with Crippen LogP contribution in [0.15, 0.2) is 42.5 Å². The number of ether oxygens (including phenoxy) is 1. The maximum atomic E-state index is 12.3. The normalized spacial score (nSPS) is 11.3. The number of aryl methyl sites for hydroxylation is 2. The molecule has 3 N–H and O–H groups in total. The molecule has 0 aliphatic carbocycles. The number of halogens is 1. The highest BCUT2D eigenvalue weighted by atomic mass is 35.5. The van der Waals surface area contributed by atoms with Gasteiger partial charge in [0.1, 0.15) is 11.9 Å². The standard InChI is InChI=1S/C19H24N2O2.ClH/c1-4-16(23-18-8-6-5-7-14(18)3)12-21-19(22)17-11-15(20)10-9-13(17)2;/h5-11,16H,4,12,20H2,1-3H3,(H,21,22);1H. The van der Waals surface area contributed by atoms with Gasteiger partial charge in [-0.1, -0.05) is 31.2 Å². The summed E-state index contributed by atoms with van der Waals surface area (Å²) in [5.74, 6) is 0.732. The summed E-state index contributed by atoms with van der Waals surface area (Å²) in [6, 6.07) is 13.2. The predicted octanol–water partition coefficient (Wildman–Crippen LogP) is 3.89. The van der Waals surface area contributed by atoms with Gasteiger partial charge in [0.15, 0.2) is 0 Å². The number of para-hydroxylation sites is 1. The van der Waals surface area contributed by atoms with Crippen LogP contribution >= 0.6 is 12.4 Å². The van der Waals surface area contributed by atoms with E-state index < -0.39 is 0 Å². The Morgan fingerprint density at radius 2 is 1.88 bits per heavy atom. The van der Waals surface area contributed by atoms with Crippen LogP contribution in [0, 0.1) is 13.8 Å². The highest BCUT2D eigenvalue weighted by molar-refractivity contribution is 5.96. The first kappa shape index (κ1) is 19.8. The third-order valence-electron chi connectivity index (χ3n) is 3.84. The molecule has 5 heteroatoms. The first-order valence-electron chi connectivity index (χ1n) is 7.88. The number of anilines is 1.